The fourth-order valence-electron chi connectivity index (χ4n) is 2.79. The lowest BCUT2D eigenvalue weighted by Crippen LogP contribution is -2.31. The maximum absolute atomic E-state index is 12.4. The lowest BCUT2D eigenvalue weighted by atomic mass is 10.1. The third-order valence-electron chi connectivity index (χ3n) is 4.04. The van der Waals surface area contributed by atoms with E-state index in [2.05, 4.69) is 15.4 Å². The largest absolute Gasteiger partial charge is 0.507 e. The number of hydrogen-bond acceptors (Lipinski definition) is 6. The molecule has 140 valence electrons. The highest BCUT2D eigenvalue weighted by atomic mass is 16.5. The maximum Gasteiger partial charge on any atom is 0.325 e. The van der Waals surface area contributed by atoms with Crippen LogP contribution in [0.4, 0.5) is 0 Å². The average molecular weight is 368 g/mol. The molecule has 0 saturated carbocycles. The lowest BCUT2D eigenvalue weighted by molar-refractivity contribution is -0.141. The molecule has 2 heterocycles. The van der Waals surface area contributed by atoms with Gasteiger partial charge in [0.05, 0.1) is 6.61 Å². The van der Waals surface area contributed by atoms with Crippen molar-refractivity contribution in [3.05, 3.63) is 59.5 Å². The summed E-state index contributed by atoms with van der Waals surface area (Å²) in [6.45, 7) is 1.62. The summed E-state index contributed by atoms with van der Waals surface area (Å²) in [7, 11) is 0. The molecule has 8 heteroatoms. The summed E-state index contributed by atoms with van der Waals surface area (Å²) in [6.07, 6.45) is 2.69. The molecule has 0 spiro atoms. The smallest absolute Gasteiger partial charge is 0.325 e. The lowest BCUT2D eigenvalue weighted by Gasteiger charge is -2.11. The second-order valence-electron chi connectivity index (χ2n) is 5.86. The van der Waals surface area contributed by atoms with Crippen molar-refractivity contribution in [3.8, 4) is 5.75 Å². The quantitative estimate of drug-likeness (QED) is 0.613. The monoisotopic (exact) mass is 368 g/mol. The molecule has 3 aromatic rings. The van der Waals surface area contributed by atoms with Gasteiger partial charge >= 0.3 is 5.97 Å². The Labute approximate surface area is 155 Å². The van der Waals surface area contributed by atoms with Gasteiger partial charge in [0, 0.05) is 11.8 Å². The van der Waals surface area contributed by atoms with E-state index in [1.165, 1.54) is 16.9 Å². The summed E-state index contributed by atoms with van der Waals surface area (Å²) >= 11 is 0. The van der Waals surface area contributed by atoms with E-state index in [-0.39, 0.29) is 30.1 Å². The van der Waals surface area contributed by atoms with Crippen LogP contribution in [0.2, 0.25) is 0 Å². The SMILES string of the molecule is CCOC(=O)CNC(=O)c1c(O)cc(CCc2ccccc2)n2ncnc12. The van der Waals surface area contributed by atoms with Crippen molar-refractivity contribution in [1.29, 1.82) is 0 Å². The second kappa shape index (κ2) is 8.31. The molecule has 1 amide bonds. The molecule has 3 rings (SSSR count). The number of hydrogen-bond donors (Lipinski definition) is 2. The van der Waals surface area contributed by atoms with Crippen LogP contribution < -0.4 is 5.32 Å². The summed E-state index contributed by atoms with van der Waals surface area (Å²) in [5.74, 6) is -1.38. The molecule has 0 aliphatic heterocycles. The summed E-state index contributed by atoms with van der Waals surface area (Å²) in [5.41, 5.74) is 2.09. The van der Waals surface area contributed by atoms with Crippen molar-refractivity contribution in [1.82, 2.24) is 19.9 Å². The number of aromatic nitrogens is 3. The van der Waals surface area contributed by atoms with Crippen molar-refractivity contribution >= 4 is 17.5 Å². The van der Waals surface area contributed by atoms with Crippen LogP contribution in [-0.2, 0) is 22.4 Å². The van der Waals surface area contributed by atoms with Crippen molar-refractivity contribution in [2.24, 2.45) is 0 Å². The molecule has 0 atom stereocenters. The van der Waals surface area contributed by atoms with Crippen LogP contribution in [0.1, 0.15) is 28.5 Å². The number of rotatable bonds is 7. The van der Waals surface area contributed by atoms with E-state index in [1.54, 1.807) is 6.92 Å². The minimum absolute atomic E-state index is 0.0275. The van der Waals surface area contributed by atoms with Gasteiger partial charge < -0.3 is 15.2 Å². The van der Waals surface area contributed by atoms with Gasteiger partial charge in [-0.05, 0) is 25.3 Å². The van der Waals surface area contributed by atoms with Crippen molar-refractivity contribution in [2.45, 2.75) is 19.8 Å². The Morgan fingerprint density at radius 3 is 2.74 bits per heavy atom. The molecule has 0 saturated heterocycles. The highest BCUT2D eigenvalue weighted by Gasteiger charge is 2.21. The first-order chi connectivity index (χ1) is 13.1. The third kappa shape index (κ3) is 4.22. The zero-order chi connectivity index (χ0) is 19.2. The molecule has 27 heavy (non-hydrogen) atoms. The van der Waals surface area contributed by atoms with Gasteiger partial charge in [0.15, 0.2) is 5.65 Å². The number of nitrogens with zero attached hydrogens (tertiary/aromatic N) is 3. The Hall–Kier alpha value is -3.42. The molecule has 8 nitrogen and oxygen atoms in total. The predicted molar refractivity (Wildman–Crippen MR) is 97.5 cm³/mol. The first kappa shape index (κ1) is 18.4. The Balaban J connectivity index is 1.82. The van der Waals surface area contributed by atoms with Crippen LogP contribution in [0.15, 0.2) is 42.7 Å². The van der Waals surface area contributed by atoms with Gasteiger partial charge in [-0.2, -0.15) is 5.10 Å². The predicted octanol–water partition coefficient (Wildman–Crippen LogP) is 1.51. The van der Waals surface area contributed by atoms with Crippen LogP contribution in [0.3, 0.4) is 0 Å². The summed E-state index contributed by atoms with van der Waals surface area (Å²) < 4.78 is 6.30. The Kier molecular flexibility index (Phi) is 5.65. The fourth-order valence-corrected chi connectivity index (χ4v) is 2.79. The molecule has 1 aromatic carbocycles. The number of pyridine rings is 1. The normalized spacial score (nSPS) is 10.7. The second-order valence-corrected chi connectivity index (χ2v) is 5.86. The number of amides is 1. The topological polar surface area (TPSA) is 106 Å². The fraction of sp³-hybridized carbons (Fsp3) is 0.263. The van der Waals surface area contributed by atoms with Gasteiger partial charge in [0.1, 0.15) is 24.2 Å². The standard InChI is InChI=1S/C19H20N4O4/c1-2-27-16(25)11-20-19(26)17-15(24)10-14(23-18(17)21-12-22-23)9-8-13-6-4-3-5-7-13/h3-7,10,12,24H,2,8-9,11H2,1H3,(H,20,26). The van der Waals surface area contributed by atoms with Gasteiger partial charge in [-0.15, -0.1) is 0 Å². The van der Waals surface area contributed by atoms with Crippen LogP contribution >= 0.6 is 0 Å². The molecule has 0 fully saturated rings. The number of fused-ring (bicyclic) bond motifs is 1. The van der Waals surface area contributed by atoms with Crippen molar-refractivity contribution < 1.29 is 19.4 Å². The van der Waals surface area contributed by atoms with Crippen LogP contribution in [0.25, 0.3) is 5.65 Å². The molecule has 0 unspecified atom stereocenters. The Morgan fingerprint density at radius 1 is 1.22 bits per heavy atom. The van der Waals surface area contributed by atoms with Crippen LogP contribution in [0.5, 0.6) is 5.75 Å². The molecule has 0 radical (unpaired) electrons. The van der Waals surface area contributed by atoms with E-state index in [0.29, 0.717) is 6.42 Å². The maximum atomic E-state index is 12.4. The minimum atomic E-state index is -0.617. The molecule has 0 aliphatic rings. The van der Waals surface area contributed by atoms with E-state index in [9.17, 15) is 14.7 Å². The van der Waals surface area contributed by atoms with Gasteiger partial charge in [0.2, 0.25) is 0 Å². The van der Waals surface area contributed by atoms with Crippen LogP contribution in [0, 0.1) is 0 Å². The van der Waals surface area contributed by atoms with Gasteiger partial charge in [-0.3, -0.25) is 9.59 Å². The summed E-state index contributed by atoms with van der Waals surface area (Å²) in [6, 6.07) is 11.4. The number of nitrogens with one attached hydrogen (secondary N) is 1. The van der Waals surface area contributed by atoms with E-state index in [1.807, 2.05) is 30.3 Å². The number of aromatic hydroxyl groups is 1. The zero-order valence-electron chi connectivity index (χ0n) is 14.9. The Morgan fingerprint density at radius 2 is 2.00 bits per heavy atom. The third-order valence-corrected chi connectivity index (χ3v) is 4.04. The molecule has 0 aliphatic carbocycles. The molecule has 0 bridgehead atoms. The molecule has 2 aromatic heterocycles. The molecular formula is C19H20N4O4. The number of carbonyl (C=O) groups is 2. The summed E-state index contributed by atoms with van der Waals surface area (Å²) in [5, 5.41) is 17.0. The molecular weight excluding hydrogens is 348 g/mol. The van der Waals surface area contributed by atoms with Gasteiger partial charge in [0.25, 0.3) is 5.91 Å². The number of esters is 1. The highest BCUT2D eigenvalue weighted by molar-refractivity contribution is 6.03. The molecule has 2 N–H and O–H groups in total. The number of benzene rings is 1. The zero-order valence-corrected chi connectivity index (χ0v) is 14.9. The minimum Gasteiger partial charge on any atom is -0.507 e. The highest BCUT2D eigenvalue weighted by Crippen LogP contribution is 2.24. The Bertz CT molecular complexity index is 953. The van der Waals surface area contributed by atoms with Crippen LogP contribution in [-0.4, -0.2) is 44.7 Å². The number of ether oxygens (including phenoxy) is 1. The first-order valence-electron chi connectivity index (χ1n) is 8.62. The number of aryl methyl sites for hydroxylation is 2. The summed E-state index contributed by atoms with van der Waals surface area (Å²) in [4.78, 5) is 27.9. The van der Waals surface area contributed by atoms with Gasteiger partial charge in [-0.1, -0.05) is 30.3 Å². The average Bonchev–Trinajstić information content (AvgIpc) is 3.15. The van der Waals surface area contributed by atoms with Crippen molar-refractivity contribution in [2.75, 3.05) is 13.2 Å². The number of carbonyl (C=O) groups excluding carboxylic acids is 2. The van der Waals surface area contributed by atoms with Gasteiger partial charge in [-0.25, -0.2) is 9.50 Å². The van der Waals surface area contributed by atoms with E-state index >= 15 is 0 Å². The van der Waals surface area contributed by atoms with E-state index < -0.39 is 11.9 Å². The van der Waals surface area contributed by atoms with E-state index in [4.69, 9.17) is 4.74 Å². The first-order valence-corrected chi connectivity index (χ1v) is 8.62. The van der Waals surface area contributed by atoms with E-state index in [0.717, 1.165) is 17.7 Å². The van der Waals surface area contributed by atoms with Crippen molar-refractivity contribution in [3.63, 3.8) is 0 Å².